The maximum atomic E-state index is 2.39. The van der Waals surface area contributed by atoms with Gasteiger partial charge in [-0.05, 0) is 79.5 Å². The van der Waals surface area contributed by atoms with Gasteiger partial charge in [-0.2, -0.15) is 0 Å². The predicted octanol–water partition coefficient (Wildman–Crippen LogP) is 8.72. The molecule has 0 nitrogen and oxygen atoms in total. The molecule has 0 heteroatoms. The second kappa shape index (κ2) is 11.2. The molecule has 1 saturated carbocycles. The van der Waals surface area contributed by atoms with Crippen molar-refractivity contribution in [3.8, 4) is 11.1 Å². The van der Waals surface area contributed by atoms with Gasteiger partial charge in [0.25, 0.3) is 0 Å². The molecule has 0 aliphatic heterocycles. The first-order chi connectivity index (χ1) is 13.8. The lowest BCUT2D eigenvalue weighted by molar-refractivity contribution is 0.303. The fourth-order valence-electron chi connectivity index (χ4n) is 4.70. The van der Waals surface area contributed by atoms with Gasteiger partial charge in [0, 0.05) is 0 Å². The summed E-state index contributed by atoms with van der Waals surface area (Å²) >= 11 is 0. The van der Waals surface area contributed by atoms with E-state index in [-0.39, 0.29) is 0 Å². The standard InChI is InChI=1S/C28H38/c1-3-5-7-9-23-11-15-25(16-12-23)27-19-21-28(22-20-27)26-17-13-24(14-18-26)10-8-6-4-2/h3,5,11-12,15-16,19-22,24,26H,4,6-10,13-14,17-18H2,1-2H3. The fourth-order valence-corrected chi connectivity index (χ4v) is 4.70. The molecule has 0 N–H and O–H groups in total. The minimum absolute atomic E-state index is 0.783. The van der Waals surface area contributed by atoms with E-state index in [1.54, 1.807) is 5.56 Å². The number of benzene rings is 2. The van der Waals surface area contributed by atoms with Crippen LogP contribution in [0.2, 0.25) is 0 Å². The van der Waals surface area contributed by atoms with Crippen molar-refractivity contribution >= 4 is 0 Å². The maximum absolute atomic E-state index is 2.39. The summed E-state index contributed by atoms with van der Waals surface area (Å²) in [6, 6.07) is 18.6. The van der Waals surface area contributed by atoms with Crippen LogP contribution in [-0.4, -0.2) is 0 Å². The summed E-state index contributed by atoms with van der Waals surface area (Å²) in [7, 11) is 0. The Morgan fingerprint density at radius 1 is 0.821 bits per heavy atom. The van der Waals surface area contributed by atoms with Crippen LogP contribution < -0.4 is 0 Å². The van der Waals surface area contributed by atoms with Crippen LogP contribution in [-0.2, 0) is 6.42 Å². The average Bonchev–Trinajstić information content (AvgIpc) is 2.75. The van der Waals surface area contributed by atoms with Crippen LogP contribution in [0.5, 0.6) is 0 Å². The third-order valence-corrected chi connectivity index (χ3v) is 6.57. The van der Waals surface area contributed by atoms with Crippen LogP contribution in [0.4, 0.5) is 0 Å². The zero-order valence-electron chi connectivity index (χ0n) is 18.0. The van der Waals surface area contributed by atoms with E-state index in [2.05, 4.69) is 74.5 Å². The van der Waals surface area contributed by atoms with Gasteiger partial charge < -0.3 is 0 Å². The molecule has 0 atom stereocenters. The number of allylic oxidation sites excluding steroid dienone is 2. The minimum atomic E-state index is 0.783. The molecule has 0 radical (unpaired) electrons. The molecule has 0 heterocycles. The highest BCUT2D eigenvalue weighted by Crippen LogP contribution is 2.38. The topological polar surface area (TPSA) is 0 Å². The Labute approximate surface area is 173 Å². The smallest absolute Gasteiger partial charge is 0.0162 e. The first-order valence-electron chi connectivity index (χ1n) is 11.6. The summed E-state index contributed by atoms with van der Waals surface area (Å²) in [4.78, 5) is 0. The quantitative estimate of drug-likeness (QED) is 0.304. The Hall–Kier alpha value is -1.82. The molecule has 1 aliphatic rings. The van der Waals surface area contributed by atoms with E-state index >= 15 is 0 Å². The lowest BCUT2D eigenvalue weighted by atomic mass is 9.77. The molecule has 1 aliphatic carbocycles. The van der Waals surface area contributed by atoms with E-state index in [0.29, 0.717) is 0 Å². The normalized spacial score (nSPS) is 19.9. The van der Waals surface area contributed by atoms with E-state index in [1.807, 2.05) is 0 Å². The Morgan fingerprint density at radius 2 is 1.46 bits per heavy atom. The van der Waals surface area contributed by atoms with E-state index in [4.69, 9.17) is 0 Å². The van der Waals surface area contributed by atoms with Gasteiger partial charge in [-0.1, -0.05) is 93.3 Å². The number of hydrogen-bond donors (Lipinski definition) is 0. The van der Waals surface area contributed by atoms with E-state index in [1.165, 1.54) is 68.1 Å². The lowest BCUT2D eigenvalue weighted by Gasteiger charge is -2.29. The number of rotatable bonds is 9. The van der Waals surface area contributed by atoms with E-state index in [0.717, 1.165) is 24.7 Å². The van der Waals surface area contributed by atoms with Crippen LogP contribution in [0.15, 0.2) is 60.7 Å². The summed E-state index contributed by atoms with van der Waals surface area (Å²) in [5.41, 5.74) is 5.66. The van der Waals surface area contributed by atoms with Crippen molar-refractivity contribution in [3.05, 3.63) is 71.8 Å². The molecule has 0 aromatic heterocycles. The largest absolute Gasteiger partial charge is 0.0917 e. The molecular weight excluding hydrogens is 336 g/mol. The average molecular weight is 375 g/mol. The van der Waals surface area contributed by atoms with Crippen molar-refractivity contribution in [2.75, 3.05) is 0 Å². The zero-order chi connectivity index (χ0) is 19.6. The van der Waals surface area contributed by atoms with Gasteiger partial charge in [0.2, 0.25) is 0 Å². The van der Waals surface area contributed by atoms with Crippen molar-refractivity contribution in [2.24, 2.45) is 5.92 Å². The van der Waals surface area contributed by atoms with E-state index < -0.39 is 0 Å². The highest BCUT2D eigenvalue weighted by atomic mass is 14.3. The molecule has 2 aromatic carbocycles. The number of hydrogen-bond acceptors (Lipinski definition) is 0. The molecule has 0 unspecified atom stereocenters. The van der Waals surface area contributed by atoms with Gasteiger partial charge in [-0.3, -0.25) is 0 Å². The molecule has 2 aromatic rings. The predicted molar refractivity (Wildman–Crippen MR) is 124 cm³/mol. The molecule has 1 fully saturated rings. The first-order valence-corrected chi connectivity index (χ1v) is 11.6. The molecule has 3 rings (SSSR count). The summed E-state index contributed by atoms with van der Waals surface area (Å²) < 4.78 is 0. The molecule has 150 valence electrons. The fraction of sp³-hybridized carbons (Fsp3) is 0.500. The van der Waals surface area contributed by atoms with Crippen LogP contribution in [0.25, 0.3) is 11.1 Å². The van der Waals surface area contributed by atoms with Crippen molar-refractivity contribution < 1.29 is 0 Å². The second-order valence-electron chi connectivity index (χ2n) is 8.64. The second-order valence-corrected chi connectivity index (χ2v) is 8.64. The van der Waals surface area contributed by atoms with E-state index in [9.17, 15) is 0 Å². The number of unbranched alkanes of at least 4 members (excludes halogenated alkanes) is 2. The van der Waals surface area contributed by atoms with Gasteiger partial charge in [0.05, 0.1) is 0 Å². The summed E-state index contributed by atoms with van der Waals surface area (Å²) in [6.07, 6.45) is 17.9. The molecule has 0 bridgehead atoms. The van der Waals surface area contributed by atoms with Crippen LogP contribution in [0, 0.1) is 5.92 Å². The van der Waals surface area contributed by atoms with Crippen molar-refractivity contribution in [1.29, 1.82) is 0 Å². The Bertz CT molecular complexity index is 697. The minimum Gasteiger partial charge on any atom is -0.0917 e. The van der Waals surface area contributed by atoms with Crippen molar-refractivity contribution in [3.63, 3.8) is 0 Å². The summed E-state index contributed by atoms with van der Waals surface area (Å²) in [5, 5.41) is 0. The molecule has 28 heavy (non-hydrogen) atoms. The van der Waals surface area contributed by atoms with Crippen LogP contribution in [0.3, 0.4) is 0 Å². The highest BCUT2D eigenvalue weighted by Gasteiger charge is 2.21. The summed E-state index contributed by atoms with van der Waals surface area (Å²) in [5.74, 6) is 1.78. The molecule has 0 spiro atoms. The van der Waals surface area contributed by atoms with Gasteiger partial charge >= 0.3 is 0 Å². The highest BCUT2D eigenvalue weighted by molar-refractivity contribution is 5.64. The van der Waals surface area contributed by atoms with Gasteiger partial charge in [0.1, 0.15) is 0 Å². The van der Waals surface area contributed by atoms with Crippen molar-refractivity contribution in [1.82, 2.24) is 0 Å². The Morgan fingerprint density at radius 3 is 2.07 bits per heavy atom. The first kappa shape index (κ1) is 20.9. The number of aryl methyl sites for hydroxylation is 1. The third-order valence-electron chi connectivity index (χ3n) is 6.57. The molecule has 0 amide bonds. The molecular formula is C28H38. The maximum Gasteiger partial charge on any atom is -0.0162 e. The SMILES string of the molecule is CC=CCCc1ccc(-c2ccc(C3CCC(CCCCC)CC3)cc2)cc1. The van der Waals surface area contributed by atoms with Gasteiger partial charge in [0.15, 0.2) is 0 Å². The van der Waals surface area contributed by atoms with Gasteiger partial charge in [-0.15, -0.1) is 0 Å². The van der Waals surface area contributed by atoms with Crippen LogP contribution >= 0.6 is 0 Å². The van der Waals surface area contributed by atoms with Crippen molar-refractivity contribution in [2.45, 2.75) is 84.0 Å². The Kier molecular flexibility index (Phi) is 8.40. The third kappa shape index (κ3) is 6.09. The Balaban J connectivity index is 1.52. The zero-order valence-corrected chi connectivity index (χ0v) is 18.0. The molecule has 0 saturated heterocycles. The van der Waals surface area contributed by atoms with Gasteiger partial charge in [-0.25, -0.2) is 0 Å². The monoisotopic (exact) mass is 374 g/mol. The summed E-state index contributed by atoms with van der Waals surface area (Å²) in [6.45, 7) is 4.39. The van der Waals surface area contributed by atoms with Crippen LogP contribution in [0.1, 0.15) is 88.7 Å². The lowest BCUT2D eigenvalue weighted by Crippen LogP contribution is -2.13.